The van der Waals surface area contributed by atoms with Crippen molar-refractivity contribution in [2.45, 2.75) is 74.7 Å². The second-order valence-electron chi connectivity index (χ2n) is 9.25. The molecule has 0 radical (unpaired) electrons. The van der Waals surface area contributed by atoms with E-state index in [0.717, 1.165) is 29.9 Å². The largest absolute Gasteiger partial charge is 0.421 e. The third kappa shape index (κ3) is 4.28. The summed E-state index contributed by atoms with van der Waals surface area (Å²) < 4.78 is 39.4. The summed E-state index contributed by atoms with van der Waals surface area (Å²) >= 11 is 1.51. The van der Waals surface area contributed by atoms with Gasteiger partial charge < -0.3 is 15.7 Å². The number of carbonyl (C=O) groups is 2. The van der Waals surface area contributed by atoms with Crippen LogP contribution in [0, 0.1) is 0 Å². The predicted octanol–water partition coefficient (Wildman–Crippen LogP) is 4.49. The zero-order valence-electron chi connectivity index (χ0n) is 18.3. The monoisotopic (exact) mass is 480 g/mol. The summed E-state index contributed by atoms with van der Waals surface area (Å²) in [5.74, 6) is -0.580. The second kappa shape index (κ2) is 8.43. The minimum atomic E-state index is -4.82. The topological polar surface area (TPSA) is 83.6 Å². The van der Waals surface area contributed by atoms with E-state index in [1.807, 2.05) is 22.4 Å². The smallest absolute Gasteiger partial charge is 0.376 e. The average Bonchev–Trinajstić information content (AvgIpc) is 3.44. The Morgan fingerprint density at radius 1 is 1.06 bits per heavy atom. The number of thiophene rings is 1. The van der Waals surface area contributed by atoms with E-state index in [1.165, 1.54) is 23.5 Å². The van der Waals surface area contributed by atoms with Crippen molar-refractivity contribution in [3.63, 3.8) is 0 Å². The van der Waals surface area contributed by atoms with Gasteiger partial charge in [0.2, 0.25) is 5.91 Å². The van der Waals surface area contributed by atoms with Gasteiger partial charge in [-0.1, -0.05) is 18.2 Å². The molecule has 1 aromatic heterocycles. The summed E-state index contributed by atoms with van der Waals surface area (Å²) in [4.78, 5) is 28.5. The molecule has 3 N–H and O–H groups in total. The van der Waals surface area contributed by atoms with Crippen LogP contribution in [0.15, 0.2) is 41.8 Å². The molecular weight excluding hydrogens is 453 g/mol. The van der Waals surface area contributed by atoms with Crippen LogP contribution in [0.3, 0.4) is 0 Å². The first-order valence-corrected chi connectivity index (χ1v) is 11.9. The Balaban J connectivity index is 1.52. The zero-order chi connectivity index (χ0) is 24.0. The van der Waals surface area contributed by atoms with Gasteiger partial charge in [-0.25, -0.2) is 0 Å². The molecule has 5 nitrogen and oxygen atoms in total. The molecule has 2 saturated carbocycles. The van der Waals surface area contributed by atoms with E-state index in [0.29, 0.717) is 32.6 Å². The van der Waals surface area contributed by atoms with Crippen LogP contribution in [0.5, 0.6) is 0 Å². The quantitative estimate of drug-likeness (QED) is 0.639. The van der Waals surface area contributed by atoms with E-state index in [1.54, 1.807) is 0 Å². The molecular formula is C24H27F3N2O3S. The summed E-state index contributed by atoms with van der Waals surface area (Å²) in [6, 6.07) is 8.86. The summed E-state index contributed by atoms with van der Waals surface area (Å²) in [6.45, 7) is 0.695. The predicted molar refractivity (Wildman–Crippen MR) is 119 cm³/mol. The summed E-state index contributed by atoms with van der Waals surface area (Å²) in [5.41, 5.74) is 2.07. The van der Waals surface area contributed by atoms with Crippen molar-refractivity contribution in [2.75, 3.05) is 0 Å². The molecule has 2 aliphatic rings. The van der Waals surface area contributed by atoms with E-state index >= 15 is 0 Å². The number of halogens is 3. The minimum absolute atomic E-state index is 0.0598. The number of benzene rings is 1. The molecule has 9 heteroatoms. The second-order valence-corrected chi connectivity index (χ2v) is 10.2. The highest BCUT2D eigenvalue weighted by Crippen LogP contribution is 2.45. The molecule has 1 atom stereocenters. The van der Waals surface area contributed by atoms with Crippen LogP contribution >= 0.6 is 11.3 Å². The highest BCUT2D eigenvalue weighted by Gasteiger charge is 2.51. The molecule has 2 amide bonds. The molecule has 33 heavy (non-hydrogen) atoms. The molecule has 0 aliphatic heterocycles. The molecule has 1 heterocycles. The molecule has 1 aromatic carbocycles. The first-order chi connectivity index (χ1) is 15.5. The zero-order valence-corrected chi connectivity index (χ0v) is 19.1. The molecule has 0 unspecified atom stereocenters. The number of aliphatic hydroxyl groups is 1. The number of rotatable bonds is 6. The van der Waals surface area contributed by atoms with Crippen LogP contribution in [-0.2, 0) is 15.8 Å². The lowest BCUT2D eigenvalue weighted by Gasteiger charge is -2.42. The van der Waals surface area contributed by atoms with Crippen molar-refractivity contribution in [2.24, 2.45) is 5.73 Å². The molecule has 0 spiro atoms. The SMILES string of the molecule is C[C@](O)(c1ccc(C(=O)N(C2CC2)[C@H]2CC[C@](C(N)=O)(c3cccs3)CC2)cc1)C(F)(F)F. The Labute approximate surface area is 194 Å². The first kappa shape index (κ1) is 23.8. The van der Waals surface area contributed by atoms with Crippen LogP contribution in [0.25, 0.3) is 0 Å². The molecule has 4 rings (SSSR count). The highest BCUT2D eigenvalue weighted by atomic mass is 32.1. The van der Waals surface area contributed by atoms with Gasteiger partial charge in [0.05, 0.1) is 5.41 Å². The van der Waals surface area contributed by atoms with Gasteiger partial charge >= 0.3 is 6.18 Å². The van der Waals surface area contributed by atoms with Crippen LogP contribution in [0.1, 0.15) is 66.2 Å². The number of hydrogen-bond donors (Lipinski definition) is 2. The van der Waals surface area contributed by atoms with E-state index in [-0.39, 0.29) is 35.0 Å². The van der Waals surface area contributed by atoms with Crippen molar-refractivity contribution in [3.8, 4) is 0 Å². The van der Waals surface area contributed by atoms with Crippen LogP contribution < -0.4 is 5.73 Å². The number of nitrogens with zero attached hydrogens (tertiary/aromatic N) is 1. The van der Waals surface area contributed by atoms with Crippen LogP contribution in [-0.4, -0.2) is 40.1 Å². The number of alkyl halides is 3. The molecule has 2 aromatic rings. The third-order valence-electron chi connectivity index (χ3n) is 7.09. The van der Waals surface area contributed by atoms with Crippen molar-refractivity contribution >= 4 is 23.2 Å². The maximum atomic E-state index is 13.4. The Hall–Kier alpha value is -2.39. The molecule has 2 fully saturated rings. The Morgan fingerprint density at radius 3 is 2.09 bits per heavy atom. The van der Waals surface area contributed by atoms with Gasteiger partial charge in [-0.2, -0.15) is 13.2 Å². The molecule has 0 bridgehead atoms. The number of nitrogens with two attached hydrogens (primary N) is 1. The maximum absolute atomic E-state index is 13.4. The van der Waals surface area contributed by atoms with Gasteiger partial charge in [0.15, 0.2) is 5.60 Å². The fourth-order valence-electron chi connectivity index (χ4n) is 4.77. The van der Waals surface area contributed by atoms with Gasteiger partial charge in [0.25, 0.3) is 5.91 Å². The minimum Gasteiger partial charge on any atom is -0.376 e. The van der Waals surface area contributed by atoms with Crippen molar-refractivity contribution in [3.05, 3.63) is 57.8 Å². The van der Waals surface area contributed by atoms with Crippen LogP contribution in [0.2, 0.25) is 0 Å². The van der Waals surface area contributed by atoms with Crippen molar-refractivity contribution in [1.29, 1.82) is 0 Å². The summed E-state index contributed by atoms with van der Waals surface area (Å²) in [6.07, 6.45) is -0.692. The molecule has 178 valence electrons. The fourth-order valence-corrected chi connectivity index (χ4v) is 5.76. The number of amides is 2. The number of primary amides is 1. The van der Waals surface area contributed by atoms with Crippen molar-refractivity contribution < 1.29 is 27.9 Å². The van der Waals surface area contributed by atoms with Crippen LogP contribution in [0.4, 0.5) is 13.2 Å². The Kier molecular flexibility index (Phi) is 6.07. The Morgan fingerprint density at radius 2 is 1.64 bits per heavy atom. The maximum Gasteiger partial charge on any atom is 0.421 e. The van der Waals surface area contributed by atoms with E-state index in [2.05, 4.69) is 0 Å². The van der Waals surface area contributed by atoms with Gasteiger partial charge in [-0.3, -0.25) is 9.59 Å². The van der Waals surface area contributed by atoms with E-state index in [9.17, 15) is 27.9 Å². The lowest BCUT2D eigenvalue weighted by atomic mass is 9.70. The summed E-state index contributed by atoms with van der Waals surface area (Å²) in [5, 5.41) is 11.8. The summed E-state index contributed by atoms with van der Waals surface area (Å²) in [7, 11) is 0. The first-order valence-electron chi connectivity index (χ1n) is 11.0. The molecule has 0 saturated heterocycles. The lowest BCUT2D eigenvalue weighted by Crippen LogP contribution is -2.50. The standard InChI is InChI=1S/C24H27F3N2O3S/c1-22(32,24(25,26)27)16-6-4-15(5-7-16)20(30)29(17-8-9-17)18-10-12-23(13-11-18,21(28)31)19-3-2-14-33-19/h2-7,14,17-18,32H,8-13H2,1H3,(H2,28,31)/t18-,22-,23+/m0/s1. The van der Waals surface area contributed by atoms with Gasteiger partial charge in [-0.15, -0.1) is 11.3 Å². The van der Waals surface area contributed by atoms with E-state index in [4.69, 9.17) is 5.73 Å². The normalized spacial score (nSPS) is 25.3. The lowest BCUT2D eigenvalue weighted by molar-refractivity contribution is -0.258. The average molecular weight is 481 g/mol. The van der Waals surface area contributed by atoms with E-state index < -0.39 is 17.2 Å². The number of hydrogen-bond acceptors (Lipinski definition) is 4. The highest BCUT2D eigenvalue weighted by molar-refractivity contribution is 7.10. The van der Waals surface area contributed by atoms with Gasteiger partial charge in [-0.05, 0) is 74.6 Å². The Bertz CT molecular complexity index is 1010. The number of carbonyl (C=O) groups excluding carboxylic acids is 2. The van der Waals surface area contributed by atoms with Gasteiger partial charge in [0.1, 0.15) is 0 Å². The third-order valence-corrected chi connectivity index (χ3v) is 8.16. The van der Waals surface area contributed by atoms with Gasteiger partial charge in [0, 0.05) is 22.5 Å². The fraction of sp³-hybridized carbons (Fsp3) is 0.500. The van der Waals surface area contributed by atoms with Crippen molar-refractivity contribution in [1.82, 2.24) is 4.90 Å². The molecule has 2 aliphatic carbocycles.